The van der Waals surface area contributed by atoms with Gasteiger partial charge in [-0.15, -0.1) is 0 Å². The summed E-state index contributed by atoms with van der Waals surface area (Å²) < 4.78 is 2.11. The first kappa shape index (κ1) is 12.0. The molecule has 0 amide bonds. The Morgan fingerprint density at radius 2 is 2.20 bits per heavy atom. The Morgan fingerprint density at radius 3 is 2.87 bits per heavy atom. The number of carboxylic acids is 1. The van der Waals surface area contributed by atoms with Crippen molar-refractivity contribution in [2.24, 2.45) is 0 Å². The molecule has 0 unspecified atom stereocenters. The van der Waals surface area contributed by atoms with Gasteiger partial charge in [0, 0.05) is 19.2 Å². The molecule has 1 heterocycles. The van der Waals surface area contributed by atoms with Crippen LogP contribution in [0.25, 0.3) is 0 Å². The summed E-state index contributed by atoms with van der Waals surface area (Å²) >= 11 is 3.15. The maximum Gasteiger partial charge on any atom is 0.303 e. The predicted octanol–water partition coefficient (Wildman–Crippen LogP) is 1.87. The van der Waals surface area contributed by atoms with Crippen molar-refractivity contribution in [3.8, 4) is 0 Å². The van der Waals surface area contributed by atoms with Crippen LogP contribution < -0.4 is 5.56 Å². The summed E-state index contributed by atoms with van der Waals surface area (Å²) in [7, 11) is 0. The van der Waals surface area contributed by atoms with Crippen molar-refractivity contribution in [1.82, 2.24) is 4.57 Å². The molecule has 0 atom stereocenters. The summed E-state index contributed by atoms with van der Waals surface area (Å²) in [6.07, 6.45) is 3.15. The second-order valence-electron chi connectivity index (χ2n) is 3.21. The lowest BCUT2D eigenvalue weighted by Crippen LogP contribution is -2.19. The van der Waals surface area contributed by atoms with E-state index in [0.717, 1.165) is 0 Å². The molecule has 1 N–H and O–H groups in total. The van der Waals surface area contributed by atoms with E-state index < -0.39 is 5.97 Å². The van der Waals surface area contributed by atoms with Crippen LogP contribution in [0.2, 0.25) is 0 Å². The molecule has 15 heavy (non-hydrogen) atoms. The summed E-state index contributed by atoms with van der Waals surface area (Å²) in [6.45, 7) is 0.561. The number of nitrogens with zero attached hydrogens (tertiary/aromatic N) is 1. The van der Waals surface area contributed by atoms with E-state index in [0.29, 0.717) is 23.9 Å². The average molecular weight is 274 g/mol. The molecule has 0 radical (unpaired) electrons. The molecule has 0 fully saturated rings. The molecule has 0 saturated heterocycles. The Labute approximate surface area is 95.7 Å². The number of hydrogen-bond acceptors (Lipinski definition) is 2. The van der Waals surface area contributed by atoms with Gasteiger partial charge in [0.1, 0.15) is 0 Å². The first-order valence-electron chi connectivity index (χ1n) is 4.68. The minimum absolute atomic E-state index is 0.0761. The van der Waals surface area contributed by atoms with Crippen LogP contribution in [0.1, 0.15) is 19.3 Å². The quantitative estimate of drug-likeness (QED) is 0.834. The molecule has 0 aromatic carbocycles. The maximum atomic E-state index is 11.5. The molecular formula is C10H12BrNO3. The van der Waals surface area contributed by atoms with Crippen LogP contribution in [0.5, 0.6) is 0 Å². The zero-order valence-corrected chi connectivity index (χ0v) is 9.74. The number of hydrogen-bond donors (Lipinski definition) is 1. The van der Waals surface area contributed by atoms with Gasteiger partial charge in [0.25, 0.3) is 5.56 Å². The molecule has 1 aromatic rings. The van der Waals surface area contributed by atoms with Crippen molar-refractivity contribution in [1.29, 1.82) is 0 Å². The van der Waals surface area contributed by atoms with E-state index in [1.54, 1.807) is 22.9 Å². The minimum Gasteiger partial charge on any atom is -0.481 e. The fraction of sp³-hybridized carbons (Fsp3) is 0.400. The van der Waals surface area contributed by atoms with Gasteiger partial charge in [-0.1, -0.05) is 0 Å². The highest BCUT2D eigenvalue weighted by molar-refractivity contribution is 9.10. The highest BCUT2D eigenvalue weighted by atomic mass is 79.9. The molecule has 0 saturated carbocycles. The number of aryl methyl sites for hydroxylation is 1. The van der Waals surface area contributed by atoms with Crippen LogP contribution in [0.4, 0.5) is 0 Å². The van der Waals surface area contributed by atoms with Crippen LogP contribution in [0.3, 0.4) is 0 Å². The second kappa shape index (κ2) is 5.70. The van der Waals surface area contributed by atoms with Crippen LogP contribution in [-0.4, -0.2) is 15.6 Å². The van der Waals surface area contributed by atoms with E-state index in [-0.39, 0.29) is 12.0 Å². The predicted molar refractivity (Wildman–Crippen MR) is 59.9 cm³/mol. The second-order valence-corrected chi connectivity index (χ2v) is 4.06. The Balaban J connectivity index is 2.48. The number of carboxylic acid groups (broad SMARTS) is 1. The highest BCUT2D eigenvalue weighted by Crippen LogP contribution is 2.02. The molecule has 0 aliphatic heterocycles. The summed E-state index contributed by atoms with van der Waals surface area (Å²) in [4.78, 5) is 21.8. The molecule has 1 rings (SSSR count). The van der Waals surface area contributed by atoms with Gasteiger partial charge in [-0.25, -0.2) is 0 Å². The number of aliphatic carboxylic acids is 1. The average Bonchev–Trinajstić information content (AvgIpc) is 2.18. The normalized spacial score (nSPS) is 10.2. The Bertz CT molecular complexity index is 400. The fourth-order valence-corrected chi connectivity index (χ4v) is 1.62. The molecule has 0 aliphatic rings. The van der Waals surface area contributed by atoms with Gasteiger partial charge >= 0.3 is 5.97 Å². The third kappa shape index (κ3) is 3.87. The molecule has 0 bridgehead atoms. The van der Waals surface area contributed by atoms with Crippen LogP contribution in [-0.2, 0) is 11.3 Å². The van der Waals surface area contributed by atoms with Crippen molar-refractivity contribution in [2.45, 2.75) is 25.8 Å². The first-order valence-corrected chi connectivity index (χ1v) is 5.47. The summed E-state index contributed by atoms with van der Waals surface area (Å²) in [5, 5.41) is 8.43. The smallest absolute Gasteiger partial charge is 0.303 e. The molecular weight excluding hydrogens is 262 g/mol. The molecule has 82 valence electrons. The molecule has 1 aromatic heterocycles. The van der Waals surface area contributed by atoms with E-state index in [2.05, 4.69) is 15.9 Å². The lowest BCUT2D eigenvalue weighted by molar-refractivity contribution is -0.137. The van der Waals surface area contributed by atoms with Crippen LogP contribution in [0, 0.1) is 0 Å². The SMILES string of the molecule is O=C(O)CCCCn1cccc(Br)c1=O. The van der Waals surface area contributed by atoms with Crippen LogP contribution >= 0.6 is 15.9 Å². The van der Waals surface area contributed by atoms with E-state index in [1.807, 2.05) is 0 Å². The molecule has 0 spiro atoms. The third-order valence-electron chi connectivity index (χ3n) is 2.01. The third-order valence-corrected chi connectivity index (χ3v) is 2.62. The lowest BCUT2D eigenvalue weighted by Gasteiger charge is -2.04. The van der Waals surface area contributed by atoms with Gasteiger partial charge in [0.15, 0.2) is 0 Å². The largest absolute Gasteiger partial charge is 0.481 e. The molecule has 4 nitrogen and oxygen atoms in total. The van der Waals surface area contributed by atoms with Crippen molar-refractivity contribution in [3.63, 3.8) is 0 Å². The van der Waals surface area contributed by atoms with E-state index in [4.69, 9.17) is 5.11 Å². The van der Waals surface area contributed by atoms with Gasteiger partial charge in [0.2, 0.25) is 0 Å². The number of halogens is 1. The van der Waals surface area contributed by atoms with Crippen molar-refractivity contribution in [3.05, 3.63) is 33.2 Å². The number of aromatic nitrogens is 1. The van der Waals surface area contributed by atoms with Crippen LogP contribution in [0.15, 0.2) is 27.6 Å². The minimum atomic E-state index is -0.795. The highest BCUT2D eigenvalue weighted by Gasteiger charge is 2.00. The van der Waals surface area contributed by atoms with E-state index in [1.165, 1.54) is 0 Å². The van der Waals surface area contributed by atoms with Gasteiger partial charge in [-0.3, -0.25) is 9.59 Å². The van der Waals surface area contributed by atoms with Gasteiger partial charge in [-0.05, 0) is 40.9 Å². The fourth-order valence-electron chi connectivity index (χ4n) is 1.24. The van der Waals surface area contributed by atoms with Gasteiger partial charge in [0.05, 0.1) is 4.47 Å². The summed E-state index contributed by atoms with van der Waals surface area (Å²) in [6, 6.07) is 3.47. The Morgan fingerprint density at radius 1 is 1.47 bits per heavy atom. The summed E-state index contributed by atoms with van der Waals surface area (Å²) in [5.74, 6) is -0.795. The number of unbranched alkanes of at least 4 members (excludes halogenated alkanes) is 1. The number of carbonyl (C=O) groups is 1. The van der Waals surface area contributed by atoms with Gasteiger partial charge < -0.3 is 9.67 Å². The van der Waals surface area contributed by atoms with E-state index >= 15 is 0 Å². The molecule has 5 heteroatoms. The topological polar surface area (TPSA) is 59.3 Å². The monoisotopic (exact) mass is 273 g/mol. The first-order chi connectivity index (χ1) is 7.11. The summed E-state index contributed by atoms with van der Waals surface area (Å²) in [5.41, 5.74) is -0.0761. The Kier molecular flexibility index (Phi) is 4.55. The van der Waals surface area contributed by atoms with Crippen molar-refractivity contribution >= 4 is 21.9 Å². The zero-order valence-electron chi connectivity index (χ0n) is 8.15. The van der Waals surface area contributed by atoms with E-state index in [9.17, 15) is 9.59 Å². The van der Waals surface area contributed by atoms with Gasteiger partial charge in [-0.2, -0.15) is 0 Å². The lowest BCUT2D eigenvalue weighted by atomic mass is 10.2. The van der Waals surface area contributed by atoms with Crippen molar-refractivity contribution < 1.29 is 9.90 Å². The zero-order chi connectivity index (χ0) is 11.3. The maximum absolute atomic E-state index is 11.5. The standard InChI is InChI=1S/C10H12BrNO3/c11-8-4-3-7-12(10(8)15)6-2-1-5-9(13)14/h3-4,7H,1-2,5-6H2,(H,13,14). The Hall–Kier alpha value is -1.10. The molecule has 0 aliphatic carbocycles. The number of rotatable bonds is 5. The number of pyridine rings is 1. The van der Waals surface area contributed by atoms with Crippen molar-refractivity contribution in [2.75, 3.05) is 0 Å².